The second-order valence-electron chi connectivity index (χ2n) is 6.64. The van der Waals surface area contributed by atoms with Gasteiger partial charge < -0.3 is 5.32 Å². The van der Waals surface area contributed by atoms with Gasteiger partial charge in [-0.3, -0.25) is 9.58 Å². The summed E-state index contributed by atoms with van der Waals surface area (Å²) in [6.07, 6.45) is 9.34. The molecule has 3 heterocycles. The zero-order valence-electron chi connectivity index (χ0n) is 13.7. The average molecular weight is 312 g/mol. The van der Waals surface area contributed by atoms with Gasteiger partial charge in [0.15, 0.2) is 0 Å². The normalized spacial score (nSPS) is 19.0. The van der Waals surface area contributed by atoms with Crippen LogP contribution in [0.15, 0.2) is 18.6 Å². The number of hydrogen-bond acceptors (Lipinski definition) is 5. The molecular formula is C17H24N6. The van der Waals surface area contributed by atoms with E-state index in [1.807, 2.05) is 6.07 Å². The minimum Gasteiger partial charge on any atom is -0.367 e. The maximum Gasteiger partial charge on any atom is 0.129 e. The van der Waals surface area contributed by atoms with E-state index in [-0.39, 0.29) is 0 Å². The van der Waals surface area contributed by atoms with Crippen molar-refractivity contribution < 1.29 is 0 Å². The maximum absolute atomic E-state index is 4.69. The lowest BCUT2D eigenvalue weighted by Crippen LogP contribution is -2.39. The van der Waals surface area contributed by atoms with Gasteiger partial charge in [0, 0.05) is 38.9 Å². The minimum atomic E-state index is 0.512. The highest BCUT2D eigenvalue weighted by Gasteiger charge is 2.24. The van der Waals surface area contributed by atoms with Crippen LogP contribution in [0, 0.1) is 0 Å². The fraction of sp³-hybridized carbons (Fsp3) is 0.588. The van der Waals surface area contributed by atoms with Crippen LogP contribution in [0.25, 0.3) is 0 Å². The van der Waals surface area contributed by atoms with Crippen molar-refractivity contribution in [1.29, 1.82) is 0 Å². The average Bonchev–Trinajstić information content (AvgIpc) is 3.13. The molecule has 0 saturated carbocycles. The van der Waals surface area contributed by atoms with Crippen LogP contribution in [0.5, 0.6) is 0 Å². The molecule has 0 bridgehead atoms. The Morgan fingerprint density at radius 3 is 2.91 bits per heavy atom. The predicted octanol–water partition coefficient (Wildman–Crippen LogP) is 1.78. The highest BCUT2D eigenvalue weighted by atomic mass is 15.3. The summed E-state index contributed by atoms with van der Waals surface area (Å²) in [4.78, 5) is 10.8. The van der Waals surface area contributed by atoms with Crippen LogP contribution >= 0.6 is 0 Å². The molecule has 1 aliphatic heterocycles. The molecule has 2 aromatic rings. The van der Waals surface area contributed by atoms with Gasteiger partial charge in [0.25, 0.3) is 0 Å². The van der Waals surface area contributed by atoms with Gasteiger partial charge in [0.2, 0.25) is 0 Å². The number of fused-ring (bicyclic) bond motifs is 1. The predicted molar refractivity (Wildman–Crippen MR) is 89.2 cm³/mol. The zero-order chi connectivity index (χ0) is 15.6. The summed E-state index contributed by atoms with van der Waals surface area (Å²) in [5.41, 5.74) is 4.29. The maximum atomic E-state index is 4.69. The Kier molecular flexibility index (Phi) is 3.99. The lowest BCUT2D eigenvalue weighted by Gasteiger charge is -2.32. The topological polar surface area (TPSA) is 58.9 Å². The number of nitrogens with zero attached hydrogens (tertiary/aromatic N) is 5. The van der Waals surface area contributed by atoms with E-state index in [1.165, 1.54) is 29.8 Å². The van der Waals surface area contributed by atoms with Crippen molar-refractivity contribution in [2.45, 2.75) is 44.7 Å². The molecule has 0 radical (unpaired) electrons. The molecule has 2 aliphatic rings. The Morgan fingerprint density at radius 2 is 2.13 bits per heavy atom. The van der Waals surface area contributed by atoms with Crippen molar-refractivity contribution in [1.82, 2.24) is 24.6 Å². The van der Waals surface area contributed by atoms with E-state index in [0.717, 1.165) is 44.7 Å². The Morgan fingerprint density at radius 1 is 1.26 bits per heavy atom. The molecule has 1 N–H and O–H groups in total. The molecule has 0 amide bonds. The molecule has 1 saturated heterocycles. The molecule has 1 aliphatic carbocycles. The van der Waals surface area contributed by atoms with Gasteiger partial charge in [-0.1, -0.05) is 0 Å². The van der Waals surface area contributed by atoms with Crippen LogP contribution < -0.4 is 5.32 Å². The summed E-state index contributed by atoms with van der Waals surface area (Å²) in [5.74, 6) is 0.933. The third-order valence-electron chi connectivity index (χ3n) is 5.09. The van der Waals surface area contributed by atoms with Crippen LogP contribution in [-0.2, 0) is 26.4 Å². The highest BCUT2D eigenvalue weighted by Crippen LogP contribution is 2.26. The fourth-order valence-corrected chi connectivity index (χ4v) is 3.82. The first kappa shape index (κ1) is 14.6. The van der Waals surface area contributed by atoms with Crippen molar-refractivity contribution in [3.63, 3.8) is 0 Å². The third kappa shape index (κ3) is 3.08. The molecule has 2 aromatic heterocycles. The van der Waals surface area contributed by atoms with Crippen LogP contribution in [0.4, 0.5) is 5.82 Å². The first-order valence-electron chi connectivity index (χ1n) is 8.58. The van der Waals surface area contributed by atoms with Gasteiger partial charge in [-0.05, 0) is 43.7 Å². The van der Waals surface area contributed by atoms with Gasteiger partial charge in [-0.2, -0.15) is 5.10 Å². The summed E-state index contributed by atoms with van der Waals surface area (Å²) in [6, 6.07) is 2.45. The van der Waals surface area contributed by atoms with Gasteiger partial charge in [0.1, 0.15) is 12.1 Å². The molecule has 122 valence electrons. The molecule has 1 fully saturated rings. The van der Waals surface area contributed by atoms with Crippen molar-refractivity contribution >= 4 is 5.82 Å². The summed E-state index contributed by atoms with van der Waals surface area (Å²) in [5, 5.41) is 8.21. The monoisotopic (exact) mass is 312 g/mol. The standard InChI is InChI=1S/C17H24N6/c1-22-16(14-3-2-4-15(14)21-22)11-23-9-6-13(7-10-23)20-17-5-8-18-12-19-17/h5,8,12-13H,2-4,6-7,9-11H2,1H3,(H,18,19,20). The van der Waals surface area contributed by atoms with Gasteiger partial charge in [0.05, 0.1) is 11.4 Å². The van der Waals surface area contributed by atoms with Gasteiger partial charge in [-0.15, -0.1) is 0 Å². The smallest absolute Gasteiger partial charge is 0.129 e. The van der Waals surface area contributed by atoms with E-state index in [4.69, 9.17) is 5.10 Å². The summed E-state index contributed by atoms with van der Waals surface area (Å²) < 4.78 is 2.11. The zero-order valence-corrected chi connectivity index (χ0v) is 13.7. The first-order chi connectivity index (χ1) is 11.3. The first-order valence-corrected chi connectivity index (χ1v) is 8.58. The van der Waals surface area contributed by atoms with Gasteiger partial charge in [-0.25, -0.2) is 9.97 Å². The second-order valence-corrected chi connectivity index (χ2v) is 6.64. The van der Waals surface area contributed by atoms with E-state index < -0.39 is 0 Å². The molecule has 6 nitrogen and oxygen atoms in total. The summed E-state index contributed by atoms with van der Waals surface area (Å²) in [7, 11) is 2.09. The largest absolute Gasteiger partial charge is 0.367 e. The Labute approximate surface area is 136 Å². The Balaban J connectivity index is 1.34. The number of nitrogens with one attached hydrogen (secondary N) is 1. The third-order valence-corrected chi connectivity index (χ3v) is 5.09. The quantitative estimate of drug-likeness (QED) is 0.932. The van der Waals surface area contributed by atoms with Crippen molar-refractivity contribution in [3.05, 3.63) is 35.5 Å². The van der Waals surface area contributed by atoms with Crippen LogP contribution in [-0.4, -0.2) is 43.8 Å². The summed E-state index contributed by atoms with van der Waals surface area (Å²) in [6.45, 7) is 3.30. The number of rotatable bonds is 4. The molecule has 4 rings (SSSR count). The van der Waals surface area contributed by atoms with Crippen LogP contribution in [0.1, 0.15) is 36.2 Å². The molecule has 23 heavy (non-hydrogen) atoms. The molecule has 0 spiro atoms. The van der Waals surface area contributed by atoms with E-state index in [1.54, 1.807) is 12.5 Å². The molecule has 6 heteroatoms. The van der Waals surface area contributed by atoms with Crippen molar-refractivity contribution in [2.24, 2.45) is 7.05 Å². The molecule has 0 aromatic carbocycles. The lowest BCUT2D eigenvalue weighted by molar-refractivity contribution is 0.206. The van der Waals surface area contributed by atoms with E-state index in [2.05, 4.69) is 31.9 Å². The van der Waals surface area contributed by atoms with E-state index >= 15 is 0 Å². The minimum absolute atomic E-state index is 0.512. The van der Waals surface area contributed by atoms with Crippen molar-refractivity contribution in [2.75, 3.05) is 18.4 Å². The van der Waals surface area contributed by atoms with Crippen LogP contribution in [0.2, 0.25) is 0 Å². The second kappa shape index (κ2) is 6.28. The molecular weight excluding hydrogens is 288 g/mol. The van der Waals surface area contributed by atoms with E-state index in [0.29, 0.717) is 6.04 Å². The highest BCUT2D eigenvalue weighted by molar-refractivity contribution is 5.33. The molecule has 0 unspecified atom stereocenters. The molecule has 0 atom stereocenters. The number of hydrogen-bond donors (Lipinski definition) is 1. The number of piperidine rings is 1. The number of aryl methyl sites for hydroxylation is 2. The Hall–Kier alpha value is -1.95. The van der Waals surface area contributed by atoms with Crippen LogP contribution in [0.3, 0.4) is 0 Å². The number of anilines is 1. The van der Waals surface area contributed by atoms with Crippen molar-refractivity contribution in [3.8, 4) is 0 Å². The van der Waals surface area contributed by atoms with E-state index in [9.17, 15) is 0 Å². The lowest BCUT2D eigenvalue weighted by atomic mass is 10.0. The Bertz CT molecular complexity index is 657. The SMILES string of the molecule is Cn1nc2c(c1CN1CCC(Nc3ccncn3)CC1)CCC2. The number of aromatic nitrogens is 4. The fourth-order valence-electron chi connectivity index (χ4n) is 3.82. The number of likely N-dealkylation sites (tertiary alicyclic amines) is 1. The summed E-state index contributed by atoms with van der Waals surface area (Å²) >= 11 is 0. The van der Waals surface area contributed by atoms with Gasteiger partial charge >= 0.3 is 0 Å².